The van der Waals surface area contributed by atoms with E-state index >= 15 is 0 Å². The molecule has 21 heavy (non-hydrogen) atoms. The number of benzene rings is 1. The number of fused-ring (bicyclic) bond motifs is 1. The van der Waals surface area contributed by atoms with Crippen LogP contribution in [0.2, 0.25) is 0 Å². The normalized spacial score (nSPS) is 10.6. The van der Waals surface area contributed by atoms with E-state index in [1.807, 2.05) is 49.5 Å². The fourth-order valence-electron chi connectivity index (χ4n) is 2.06. The molecule has 0 radical (unpaired) electrons. The van der Waals surface area contributed by atoms with Crippen molar-refractivity contribution in [2.24, 2.45) is 0 Å². The number of nitriles is 1. The van der Waals surface area contributed by atoms with E-state index in [0.717, 1.165) is 26.3 Å². The average Bonchev–Trinajstić information content (AvgIpc) is 2.84. The van der Waals surface area contributed by atoms with Gasteiger partial charge in [0.05, 0.1) is 15.2 Å². The minimum atomic E-state index is 0.627. The van der Waals surface area contributed by atoms with Crippen molar-refractivity contribution in [3.8, 4) is 17.3 Å². The lowest BCUT2D eigenvalue weighted by Crippen LogP contribution is -2.11. The first kappa shape index (κ1) is 13.8. The molecule has 0 spiro atoms. The van der Waals surface area contributed by atoms with Gasteiger partial charge in [0.25, 0.3) is 0 Å². The minimum absolute atomic E-state index is 0.627. The molecule has 3 aromatic rings. The Morgan fingerprint density at radius 1 is 1.29 bits per heavy atom. The van der Waals surface area contributed by atoms with E-state index in [0.29, 0.717) is 5.56 Å². The van der Waals surface area contributed by atoms with Gasteiger partial charge >= 0.3 is 0 Å². The Bertz CT molecular complexity index is 860. The van der Waals surface area contributed by atoms with Crippen LogP contribution in [0.25, 0.3) is 16.9 Å². The third kappa shape index (κ3) is 2.45. The van der Waals surface area contributed by atoms with Gasteiger partial charge in [-0.25, -0.2) is 9.50 Å². The van der Waals surface area contributed by atoms with Gasteiger partial charge in [-0.1, -0.05) is 12.1 Å². The van der Waals surface area contributed by atoms with Crippen LogP contribution in [0.4, 0.5) is 5.82 Å². The maximum Gasteiger partial charge on any atom is 0.171 e. The molecular formula is C15H12IN5. The van der Waals surface area contributed by atoms with E-state index in [1.165, 1.54) is 0 Å². The van der Waals surface area contributed by atoms with Gasteiger partial charge in [0.1, 0.15) is 11.5 Å². The van der Waals surface area contributed by atoms with Crippen molar-refractivity contribution in [2.75, 3.05) is 19.0 Å². The summed E-state index contributed by atoms with van der Waals surface area (Å²) >= 11 is 2.25. The van der Waals surface area contributed by atoms with Crippen molar-refractivity contribution in [3.05, 3.63) is 45.7 Å². The lowest BCUT2D eigenvalue weighted by atomic mass is 10.1. The molecule has 0 aliphatic carbocycles. The first-order valence-corrected chi connectivity index (χ1v) is 7.41. The van der Waals surface area contributed by atoms with Gasteiger partial charge in [-0.05, 0) is 40.8 Å². The number of nitrogens with zero attached hydrogens (tertiary/aromatic N) is 5. The van der Waals surface area contributed by atoms with Crippen LogP contribution in [0.1, 0.15) is 5.56 Å². The lowest BCUT2D eigenvalue weighted by Gasteiger charge is -2.10. The van der Waals surface area contributed by atoms with Gasteiger partial charge in [0, 0.05) is 25.9 Å². The molecule has 2 aromatic heterocycles. The van der Waals surface area contributed by atoms with Crippen LogP contribution >= 0.6 is 22.6 Å². The summed E-state index contributed by atoms with van der Waals surface area (Å²) in [7, 11) is 3.92. The van der Waals surface area contributed by atoms with Crippen LogP contribution in [0.15, 0.2) is 36.5 Å². The topological polar surface area (TPSA) is 57.2 Å². The molecule has 0 saturated carbocycles. The van der Waals surface area contributed by atoms with E-state index in [9.17, 15) is 0 Å². The summed E-state index contributed by atoms with van der Waals surface area (Å²) in [5.74, 6) is 0.887. The zero-order valence-corrected chi connectivity index (χ0v) is 13.7. The quantitative estimate of drug-likeness (QED) is 0.633. The van der Waals surface area contributed by atoms with Crippen LogP contribution in [-0.4, -0.2) is 28.7 Å². The summed E-state index contributed by atoms with van der Waals surface area (Å²) in [4.78, 5) is 6.57. The molecule has 0 aliphatic heterocycles. The zero-order chi connectivity index (χ0) is 15.0. The molecule has 0 bridgehead atoms. The second-order valence-electron chi connectivity index (χ2n) is 4.80. The van der Waals surface area contributed by atoms with Crippen molar-refractivity contribution in [2.45, 2.75) is 0 Å². The second-order valence-corrected chi connectivity index (χ2v) is 5.88. The highest BCUT2D eigenvalue weighted by Crippen LogP contribution is 2.28. The maximum atomic E-state index is 9.02. The van der Waals surface area contributed by atoms with Crippen molar-refractivity contribution in [1.29, 1.82) is 5.26 Å². The van der Waals surface area contributed by atoms with Crippen molar-refractivity contribution >= 4 is 34.1 Å². The molecule has 1 aromatic carbocycles. The van der Waals surface area contributed by atoms with E-state index < -0.39 is 0 Å². The SMILES string of the molecule is CN(C)c1ccn2nc(-c3cccc(C#N)c3)c(I)c2n1. The summed E-state index contributed by atoms with van der Waals surface area (Å²) in [6, 6.07) is 11.5. The first-order chi connectivity index (χ1) is 10.1. The van der Waals surface area contributed by atoms with Crippen molar-refractivity contribution < 1.29 is 0 Å². The molecular weight excluding hydrogens is 377 g/mol. The molecule has 104 valence electrons. The summed E-state index contributed by atoms with van der Waals surface area (Å²) in [6.45, 7) is 0. The largest absolute Gasteiger partial charge is 0.363 e. The predicted octanol–water partition coefficient (Wildman–Crippen LogP) is 2.94. The third-order valence-electron chi connectivity index (χ3n) is 3.14. The van der Waals surface area contributed by atoms with Crippen LogP contribution < -0.4 is 4.90 Å². The van der Waals surface area contributed by atoms with Gasteiger partial charge in [0.2, 0.25) is 0 Å². The monoisotopic (exact) mass is 389 g/mol. The highest BCUT2D eigenvalue weighted by Gasteiger charge is 2.14. The van der Waals surface area contributed by atoms with Gasteiger partial charge in [0.15, 0.2) is 5.65 Å². The molecule has 0 aliphatic rings. The molecule has 3 rings (SSSR count). The number of rotatable bonds is 2. The van der Waals surface area contributed by atoms with Crippen molar-refractivity contribution in [3.63, 3.8) is 0 Å². The van der Waals surface area contributed by atoms with E-state index in [4.69, 9.17) is 5.26 Å². The van der Waals surface area contributed by atoms with Crippen LogP contribution in [0, 0.1) is 14.9 Å². The van der Waals surface area contributed by atoms with Gasteiger partial charge in [-0.2, -0.15) is 10.4 Å². The summed E-state index contributed by atoms with van der Waals surface area (Å²) in [5, 5.41) is 13.6. The smallest absolute Gasteiger partial charge is 0.171 e. The van der Waals surface area contributed by atoms with E-state index in [1.54, 1.807) is 10.6 Å². The van der Waals surface area contributed by atoms with Crippen LogP contribution in [0.3, 0.4) is 0 Å². The molecule has 2 heterocycles. The average molecular weight is 389 g/mol. The summed E-state index contributed by atoms with van der Waals surface area (Å²) in [5.41, 5.74) is 3.22. The lowest BCUT2D eigenvalue weighted by molar-refractivity contribution is 0.931. The number of hydrogen-bond donors (Lipinski definition) is 0. The molecule has 0 atom stereocenters. The standard InChI is InChI=1S/C15H12IN5/c1-20(2)12-6-7-21-15(18-12)13(16)14(19-21)11-5-3-4-10(8-11)9-17/h3-8H,1-2H3. The fourth-order valence-corrected chi connectivity index (χ4v) is 2.85. The first-order valence-electron chi connectivity index (χ1n) is 6.33. The Hall–Kier alpha value is -2.14. The summed E-state index contributed by atoms with van der Waals surface area (Å²) < 4.78 is 2.75. The molecule has 0 unspecified atom stereocenters. The summed E-state index contributed by atoms with van der Waals surface area (Å²) in [6.07, 6.45) is 1.90. The van der Waals surface area contributed by atoms with Crippen LogP contribution in [-0.2, 0) is 0 Å². The third-order valence-corrected chi connectivity index (χ3v) is 4.13. The molecule has 0 amide bonds. The number of hydrogen-bond acceptors (Lipinski definition) is 4. The highest BCUT2D eigenvalue weighted by atomic mass is 127. The Balaban J connectivity index is 2.20. The highest BCUT2D eigenvalue weighted by molar-refractivity contribution is 14.1. The predicted molar refractivity (Wildman–Crippen MR) is 90.2 cm³/mol. The number of halogens is 1. The van der Waals surface area contributed by atoms with Gasteiger partial charge < -0.3 is 4.90 Å². The Kier molecular flexibility index (Phi) is 3.51. The molecule has 0 fully saturated rings. The second kappa shape index (κ2) is 5.33. The number of anilines is 1. The molecule has 6 heteroatoms. The minimum Gasteiger partial charge on any atom is -0.363 e. The van der Waals surface area contributed by atoms with E-state index in [-0.39, 0.29) is 0 Å². The van der Waals surface area contributed by atoms with Gasteiger partial charge in [-0.3, -0.25) is 0 Å². The zero-order valence-electron chi connectivity index (χ0n) is 11.6. The Labute approximate surface area is 136 Å². The Morgan fingerprint density at radius 2 is 2.10 bits per heavy atom. The van der Waals surface area contributed by atoms with E-state index in [2.05, 4.69) is 38.7 Å². The maximum absolute atomic E-state index is 9.02. The van der Waals surface area contributed by atoms with Crippen LogP contribution in [0.5, 0.6) is 0 Å². The van der Waals surface area contributed by atoms with Crippen molar-refractivity contribution in [1.82, 2.24) is 14.6 Å². The van der Waals surface area contributed by atoms with Gasteiger partial charge in [-0.15, -0.1) is 0 Å². The molecule has 0 N–H and O–H groups in total. The molecule has 5 nitrogen and oxygen atoms in total. The fraction of sp³-hybridized carbons (Fsp3) is 0.133. The molecule has 0 saturated heterocycles. The number of aromatic nitrogens is 3. The Morgan fingerprint density at radius 3 is 2.81 bits per heavy atom.